The molecule has 13 heteroatoms. The first-order valence-electron chi connectivity index (χ1n) is 8.72. The summed E-state index contributed by atoms with van der Waals surface area (Å²) in [7, 11) is -4.13. The van der Waals surface area contributed by atoms with Crippen LogP contribution in [0, 0.1) is 17.0 Å². The Morgan fingerprint density at radius 1 is 1.32 bits per heavy atom. The number of nitrogens with one attached hydrogen (secondary N) is 1. The summed E-state index contributed by atoms with van der Waals surface area (Å²) in [5, 5.41) is 14.7. The number of benzene rings is 2. The van der Waals surface area contributed by atoms with Gasteiger partial charge in [-0.15, -0.1) is 0 Å². The van der Waals surface area contributed by atoms with Crippen LogP contribution in [-0.2, 0) is 14.8 Å². The van der Waals surface area contributed by atoms with Crippen molar-refractivity contribution in [3.8, 4) is 11.5 Å². The van der Waals surface area contributed by atoms with E-state index in [9.17, 15) is 23.3 Å². The quantitative estimate of drug-likeness (QED) is 0.278. The maximum atomic E-state index is 12.4. The molecule has 0 unspecified atom stereocenters. The van der Waals surface area contributed by atoms with Crippen LogP contribution in [-0.4, -0.2) is 38.7 Å². The Morgan fingerprint density at radius 3 is 2.65 bits per heavy atom. The van der Waals surface area contributed by atoms with Crippen LogP contribution in [0.25, 0.3) is 0 Å². The number of nitrogens with two attached hydrogens (primary N) is 1. The van der Waals surface area contributed by atoms with Crippen LogP contribution in [0.3, 0.4) is 0 Å². The standard InChI is InChI=1S/C18H19BrN4O7S/c1-3-29-16-7-12(6-14(19)18(16)30-10-17(20)24)9-21-22-31(27,28)13-5-4-11(2)15(8-13)23(25)26/h4-9,22H,3,10H2,1-2H3,(H2,20,24)/b21-9-. The van der Waals surface area contributed by atoms with E-state index in [4.69, 9.17) is 15.2 Å². The molecule has 11 nitrogen and oxygen atoms in total. The number of hydrazone groups is 1. The summed E-state index contributed by atoms with van der Waals surface area (Å²) in [4.78, 5) is 23.1. The first kappa shape index (κ1) is 24.1. The van der Waals surface area contributed by atoms with Crippen molar-refractivity contribution < 1.29 is 27.6 Å². The zero-order valence-corrected chi connectivity index (χ0v) is 18.9. The summed E-state index contributed by atoms with van der Waals surface area (Å²) in [6.07, 6.45) is 1.21. The van der Waals surface area contributed by atoms with Gasteiger partial charge in [0.2, 0.25) is 0 Å². The van der Waals surface area contributed by atoms with E-state index in [1.807, 2.05) is 4.83 Å². The van der Waals surface area contributed by atoms with Crippen molar-refractivity contribution in [1.82, 2.24) is 4.83 Å². The van der Waals surface area contributed by atoms with Gasteiger partial charge in [-0.1, -0.05) is 6.07 Å². The predicted octanol–water partition coefficient (Wildman–Crippen LogP) is 2.24. The number of halogens is 1. The topological polar surface area (TPSA) is 163 Å². The lowest BCUT2D eigenvalue weighted by atomic mass is 10.2. The zero-order chi connectivity index (χ0) is 23.2. The highest BCUT2D eigenvalue weighted by atomic mass is 79.9. The first-order chi connectivity index (χ1) is 14.5. The van der Waals surface area contributed by atoms with Crippen molar-refractivity contribution in [3.05, 3.63) is 56.0 Å². The number of sulfonamides is 1. The molecule has 0 bridgehead atoms. The van der Waals surface area contributed by atoms with Crippen molar-refractivity contribution in [2.75, 3.05) is 13.2 Å². The smallest absolute Gasteiger partial charge is 0.276 e. The highest BCUT2D eigenvalue weighted by Crippen LogP contribution is 2.36. The van der Waals surface area contributed by atoms with Gasteiger partial charge < -0.3 is 15.2 Å². The predicted molar refractivity (Wildman–Crippen MR) is 116 cm³/mol. The van der Waals surface area contributed by atoms with E-state index < -0.39 is 20.9 Å². The second-order valence-corrected chi connectivity index (χ2v) is 8.59. The summed E-state index contributed by atoms with van der Waals surface area (Å²) in [6, 6.07) is 6.63. The fourth-order valence-electron chi connectivity index (χ4n) is 2.38. The van der Waals surface area contributed by atoms with Gasteiger partial charge in [-0.2, -0.15) is 13.5 Å². The molecule has 166 valence electrons. The third-order valence-electron chi connectivity index (χ3n) is 3.76. The van der Waals surface area contributed by atoms with E-state index in [1.54, 1.807) is 13.0 Å². The normalized spacial score (nSPS) is 11.3. The van der Waals surface area contributed by atoms with Gasteiger partial charge in [-0.25, -0.2) is 4.83 Å². The van der Waals surface area contributed by atoms with Crippen LogP contribution in [0.15, 0.2) is 44.8 Å². The Labute approximate surface area is 186 Å². The average Bonchev–Trinajstić information content (AvgIpc) is 2.67. The van der Waals surface area contributed by atoms with Gasteiger partial charge in [0.15, 0.2) is 18.1 Å². The van der Waals surface area contributed by atoms with Crippen molar-refractivity contribution >= 4 is 43.8 Å². The molecule has 0 aromatic heterocycles. The minimum Gasteiger partial charge on any atom is -0.490 e. The van der Waals surface area contributed by atoms with Crippen LogP contribution >= 0.6 is 15.9 Å². The third kappa shape index (κ3) is 6.39. The summed E-state index contributed by atoms with van der Waals surface area (Å²) in [5.41, 5.74) is 5.55. The van der Waals surface area contributed by atoms with Crippen molar-refractivity contribution in [2.24, 2.45) is 10.8 Å². The van der Waals surface area contributed by atoms with E-state index in [0.29, 0.717) is 22.2 Å². The number of nitro groups is 1. The number of aryl methyl sites for hydroxylation is 1. The van der Waals surface area contributed by atoms with Gasteiger partial charge in [-0.05, 0) is 53.5 Å². The lowest BCUT2D eigenvalue weighted by molar-refractivity contribution is -0.385. The van der Waals surface area contributed by atoms with Crippen molar-refractivity contribution in [3.63, 3.8) is 0 Å². The average molecular weight is 515 g/mol. The fourth-order valence-corrected chi connectivity index (χ4v) is 3.77. The van der Waals surface area contributed by atoms with E-state index in [2.05, 4.69) is 21.0 Å². The molecule has 0 heterocycles. The molecule has 0 spiro atoms. The third-order valence-corrected chi connectivity index (χ3v) is 5.57. The molecule has 0 fully saturated rings. The number of hydrogen-bond acceptors (Lipinski definition) is 8. The number of carbonyl (C=O) groups is 1. The Morgan fingerprint density at radius 2 is 2.03 bits per heavy atom. The van der Waals surface area contributed by atoms with Crippen molar-refractivity contribution in [2.45, 2.75) is 18.7 Å². The minimum absolute atomic E-state index is 0.255. The van der Waals surface area contributed by atoms with E-state index in [-0.39, 0.29) is 28.7 Å². The van der Waals surface area contributed by atoms with Crippen LogP contribution in [0.4, 0.5) is 5.69 Å². The summed E-state index contributed by atoms with van der Waals surface area (Å²) in [5.74, 6) is -0.118. The van der Waals surface area contributed by atoms with Crippen LogP contribution in [0.2, 0.25) is 0 Å². The molecule has 0 aliphatic heterocycles. The van der Waals surface area contributed by atoms with Gasteiger partial charge in [-0.3, -0.25) is 14.9 Å². The molecule has 0 aliphatic rings. The van der Waals surface area contributed by atoms with Gasteiger partial charge in [0.1, 0.15) is 0 Å². The SMILES string of the molecule is CCOc1cc(/C=N\NS(=O)(=O)c2ccc(C)c([N+](=O)[O-])c2)cc(Br)c1OCC(N)=O. The molecular formula is C18H19BrN4O7S. The molecule has 0 radical (unpaired) electrons. The van der Waals surface area contributed by atoms with Gasteiger partial charge in [0.25, 0.3) is 21.6 Å². The lowest BCUT2D eigenvalue weighted by Gasteiger charge is -2.13. The van der Waals surface area contributed by atoms with Crippen LogP contribution in [0.1, 0.15) is 18.1 Å². The maximum absolute atomic E-state index is 12.4. The summed E-state index contributed by atoms with van der Waals surface area (Å²) in [6.45, 7) is 3.21. The molecule has 0 aliphatic carbocycles. The Bertz CT molecular complexity index is 1140. The molecule has 2 rings (SSSR count). The Hall–Kier alpha value is -3.19. The number of ether oxygens (including phenoxy) is 2. The number of hydrogen-bond donors (Lipinski definition) is 2. The Balaban J connectivity index is 2.26. The molecule has 0 saturated heterocycles. The van der Waals surface area contributed by atoms with E-state index >= 15 is 0 Å². The first-order valence-corrected chi connectivity index (χ1v) is 11.0. The highest BCUT2D eigenvalue weighted by molar-refractivity contribution is 9.10. The van der Waals surface area contributed by atoms with Crippen LogP contribution < -0.4 is 20.0 Å². The monoisotopic (exact) mass is 514 g/mol. The largest absolute Gasteiger partial charge is 0.490 e. The minimum atomic E-state index is -4.13. The number of nitro benzene ring substituents is 1. The van der Waals surface area contributed by atoms with Gasteiger partial charge >= 0.3 is 0 Å². The lowest BCUT2D eigenvalue weighted by Crippen LogP contribution is -2.20. The van der Waals surface area contributed by atoms with Gasteiger partial charge in [0.05, 0.1) is 27.1 Å². The molecule has 1 amide bonds. The molecule has 31 heavy (non-hydrogen) atoms. The van der Waals surface area contributed by atoms with Crippen molar-refractivity contribution in [1.29, 1.82) is 0 Å². The Kier molecular flexibility index (Phi) is 7.94. The van der Waals surface area contributed by atoms with E-state index in [1.165, 1.54) is 31.3 Å². The second kappa shape index (κ2) is 10.2. The van der Waals surface area contributed by atoms with Gasteiger partial charge in [0, 0.05) is 11.6 Å². The molecule has 0 saturated carbocycles. The molecule has 2 aromatic carbocycles. The second-order valence-electron chi connectivity index (χ2n) is 6.08. The number of primary amides is 1. The highest BCUT2D eigenvalue weighted by Gasteiger charge is 2.19. The summed E-state index contributed by atoms with van der Waals surface area (Å²) >= 11 is 3.29. The summed E-state index contributed by atoms with van der Waals surface area (Å²) < 4.78 is 36.1. The molecule has 2 aromatic rings. The maximum Gasteiger partial charge on any atom is 0.276 e. The van der Waals surface area contributed by atoms with E-state index in [0.717, 1.165) is 6.07 Å². The number of amides is 1. The molecule has 0 atom stereocenters. The number of carbonyl (C=O) groups excluding carboxylic acids is 1. The fraction of sp³-hybridized carbons (Fsp3) is 0.222. The number of rotatable bonds is 10. The van der Waals surface area contributed by atoms with Crippen LogP contribution in [0.5, 0.6) is 11.5 Å². The molecule has 3 N–H and O–H groups in total. The molecular weight excluding hydrogens is 496 g/mol. The number of nitrogens with zero attached hydrogens (tertiary/aromatic N) is 2. The zero-order valence-electron chi connectivity index (χ0n) is 16.5.